The molecule has 4 aromatic heterocycles. The number of imidazole rings is 1. The zero-order valence-corrected chi connectivity index (χ0v) is 16.9. The van der Waals surface area contributed by atoms with Gasteiger partial charge in [-0.2, -0.15) is 4.98 Å². The van der Waals surface area contributed by atoms with Crippen molar-refractivity contribution in [3.8, 4) is 17.3 Å². The Morgan fingerprint density at radius 2 is 2.03 bits per heavy atom. The van der Waals surface area contributed by atoms with Gasteiger partial charge >= 0.3 is 0 Å². The van der Waals surface area contributed by atoms with E-state index in [4.69, 9.17) is 4.52 Å². The van der Waals surface area contributed by atoms with Crippen LogP contribution in [0, 0.1) is 0 Å². The van der Waals surface area contributed by atoms with E-state index in [1.807, 2.05) is 39.0 Å². The molecule has 0 saturated carbocycles. The minimum atomic E-state index is -0.269. The van der Waals surface area contributed by atoms with Gasteiger partial charge in [0, 0.05) is 36.7 Å². The molecule has 0 bridgehead atoms. The molecule has 152 valence electrons. The summed E-state index contributed by atoms with van der Waals surface area (Å²) in [4.78, 5) is 29.4. The minimum Gasteiger partial charge on any atom is -0.347 e. The van der Waals surface area contributed by atoms with Crippen molar-refractivity contribution in [3.63, 3.8) is 0 Å². The third-order valence-corrected chi connectivity index (χ3v) is 4.35. The van der Waals surface area contributed by atoms with Crippen LogP contribution in [0.15, 0.2) is 59.9 Å². The fourth-order valence-electron chi connectivity index (χ4n) is 2.65. The number of pyridine rings is 2. The van der Waals surface area contributed by atoms with E-state index in [1.165, 1.54) is 0 Å². The molecular formula is C21H21N7O2. The standard InChI is InChI=1S/C21H21N7O2/c1-21(2,3)20-26-19(30-27-20)15-6-7-17(23-11-15)28-12-16(25-13-28)18(29)24-10-14-5-4-8-22-9-14/h4-9,11-13H,10H2,1-3H3,(H,24,29). The Bertz CT molecular complexity index is 1140. The second-order valence-electron chi connectivity index (χ2n) is 7.79. The number of aromatic nitrogens is 6. The van der Waals surface area contributed by atoms with Gasteiger partial charge in [0.1, 0.15) is 17.8 Å². The molecule has 0 aliphatic carbocycles. The molecule has 4 rings (SSSR count). The molecule has 0 unspecified atom stereocenters. The van der Waals surface area contributed by atoms with Crippen LogP contribution < -0.4 is 5.32 Å². The summed E-state index contributed by atoms with van der Waals surface area (Å²) in [5, 5.41) is 6.85. The Balaban J connectivity index is 1.44. The molecule has 0 aliphatic heterocycles. The van der Waals surface area contributed by atoms with Crippen LogP contribution in [0.4, 0.5) is 0 Å². The smallest absolute Gasteiger partial charge is 0.271 e. The van der Waals surface area contributed by atoms with Gasteiger partial charge in [0.25, 0.3) is 11.8 Å². The maximum atomic E-state index is 12.3. The lowest BCUT2D eigenvalue weighted by Crippen LogP contribution is -2.23. The van der Waals surface area contributed by atoms with Gasteiger partial charge in [-0.1, -0.05) is 32.0 Å². The Morgan fingerprint density at radius 3 is 2.70 bits per heavy atom. The van der Waals surface area contributed by atoms with Gasteiger partial charge in [-0.25, -0.2) is 9.97 Å². The Labute approximate surface area is 173 Å². The lowest BCUT2D eigenvalue weighted by atomic mass is 9.96. The molecule has 0 radical (unpaired) electrons. The predicted molar refractivity (Wildman–Crippen MR) is 109 cm³/mol. The highest BCUT2D eigenvalue weighted by molar-refractivity contribution is 5.92. The van der Waals surface area contributed by atoms with Gasteiger partial charge in [-0.15, -0.1) is 0 Å². The van der Waals surface area contributed by atoms with Gasteiger partial charge in [-0.05, 0) is 23.8 Å². The monoisotopic (exact) mass is 403 g/mol. The lowest BCUT2D eigenvalue weighted by molar-refractivity contribution is 0.0946. The van der Waals surface area contributed by atoms with Crippen LogP contribution >= 0.6 is 0 Å². The van der Waals surface area contributed by atoms with Crippen molar-refractivity contribution in [1.29, 1.82) is 0 Å². The molecule has 4 heterocycles. The average Bonchev–Trinajstić information content (AvgIpc) is 3.43. The fraction of sp³-hybridized carbons (Fsp3) is 0.238. The highest BCUT2D eigenvalue weighted by Gasteiger charge is 2.21. The lowest BCUT2D eigenvalue weighted by Gasteiger charge is -2.10. The van der Waals surface area contributed by atoms with Gasteiger partial charge in [0.2, 0.25) is 0 Å². The van der Waals surface area contributed by atoms with E-state index in [-0.39, 0.29) is 11.3 Å². The number of nitrogens with zero attached hydrogens (tertiary/aromatic N) is 6. The predicted octanol–water partition coefficient (Wildman–Crippen LogP) is 2.94. The van der Waals surface area contributed by atoms with Crippen molar-refractivity contribution < 1.29 is 9.32 Å². The first-order valence-corrected chi connectivity index (χ1v) is 9.42. The number of nitrogens with one attached hydrogen (secondary N) is 1. The summed E-state index contributed by atoms with van der Waals surface area (Å²) in [5.74, 6) is 1.40. The van der Waals surface area contributed by atoms with Crippen LogP contribution in [0.25, 0.3) is 17.3 Å². The quantitative estimate of drug-likeness (QED) is 0.545. The highest BCUT2D eigenvalue weighted by atomic mass is 16.5. The van der Waals surface area contributed by atoms with Crippen molar-refractivity contribution in [2.75, 3.05) is 0 Å². The first-order valence-electron chi connectivity index (χ1n) is 9.42. The summed E-state index contributed by atoms with van der Waals surface area (Å²) in [6.07, 6.45) is 8.22. The second-order valence-corrected chi connectivity index (χ2v) is 7.79. The normalized spacial score (nSPS) is 11.4. The van der Waals surface area contributed by atoms with Crippen LogP contribution in [0.3, 0.4) is 0 Å². The molecule has 9 nitrogen and oxygen atoms in total. The van der Waals surface area contributed by atoms with E-state index in [0.29, 0.717) is 29.8 Å². The number of amides is 1. The molecule has 30 heavy (non-hydrogen) atoms. The van der Waals surface area contributed by atoms with Crippen molar-refractivity contribution in [2.24, 2.45) is 0 Å². The van der Waals surface area contributed by atoms with Crippen molar-refractivity contribution in [3.05, 3.63) is 72.5 Å². The van der Waals surface area contributed by atoms with E-state index in [1.54, 1.807) is 41.7 Å². The molecule has 0 fully saturated rings. The zero-order chi connectivity index (χ0) is 21.1. The van der Waals surface area contributed by atoms with Crippen LogP contribution in [-0.4, -0.2) is 35.6 Å². The SMILES string of the molecule is CC(C)(C)c1noc(-c2ccc(-n3cnc(C(=O)NCc4cccnc4)c3)nc2)n1. The number of carbonyl (C=O) groups is 1. The molecule has 0 spiro atoms. The average molecular weight is 403 g/mol. The van der Waals surface area contributed by atoms with Gasteiger partial charge in [0.15, 0.2) is 5.82 Å². The molecule has 1 amide bonds. The van der Waals surface area contributed by atoms with E-state index in [2.05, 4.69) is 30.4 Å². The zero-order valence-electron chi connectivity index (χ0n) is 16.9. The third-order valence-electron chi connectivity index (χ3n) is 4.35. The molecule has 9 heteroatoms. The summed E-state index contributed by atoms with van der Waals surface area (Å²) in [6, 6.07) is 7.36. The summed E-state index contributed by atoms with van der Waals surface area (Å²) < 4.78 is 7.02. The summed E-state index contributed by atoms with van der Waals surface area (Å²) in [6.45, 7) is 6.44. The highest BCUT2D eigenvalue weighted by Crippen LogP contribution is 2.23. The van der Waals surface area contributed by atoms with Crippen molar-refractivity contribution >= 4 is 5.91 Å². The van der Waals surface area contributed by atoms with Crippen molar-refractivity contribution in [1.82, 2.24) is 35.0 Å². The van der Waals surface area contributed by atoms with Crippen LogP contribution in [0.5, 0.6) is 0 Å². The van der Waals surface area contributed by atoms with E-state index in [9.17, 15) is 4.79 Å². The first kappa shape index (κ1) is 19.4. The number of hydrogen-bond donors (Lipinski definition) is 1. The van der Waals surface area contributed by atoms with Gasteiger partial charge in [0.05, 0.1) is 5.56 Å². The van der Waals surface area contributed by atoms with Crippen LogP contribution in [0.2, 0.25) is 0 Å². The fourth-order valence-corrected chi connectivity index (χ4v) is 2.65. The maximum absolute atomic E-state index is 12.3. The molecule has 0 saturated heterocycles. The molecular weight excluding hydrogens is 382 g/mol. The van der Waals surface area contributed by atoms with E-state index in [0.717, 1.165) is 11.1 Å². The molecule has 1 N–H and O–H groups in total. The number of rotatable bonds is 5. The summed E-state index contributed by atoms with van der Waals surface area (Å²) >= 11 is 0. The number of carbonyl (C=O) groups excluding carboxylic acids is 1. The third kappa shape index (κ3) is 4.24. The largest absolute Gasteiger partial charge is 0.347 e. The molecule has 0 aliphatic rings. The summed E-state index contributed by atoms with van der Waals surface area (Å²) in [7, 11) is 0. The minimum absolute atomic E-state index is 0.195. The summed E-state index contributed by atoms with van der Waals surface area (Å²) in [5.41, 5.74) is 1.74. The first-order chi connectivity index (χ1) is 14.4. The van der Waals surface area contributed by atoms with E-state index >= 15 is 0 Å². The van der Waals surface area contributed by atoms with Crippen LogP contribution in [-0.2, 0) is 12.0 Å². The van der Waals surface area contributed by atoms with Crippen molar-refractivity contribution in [2.45, 2.75) is 32.7 Å². The number of hydrogen-bond acceptors (Lipinski definition) is 7. The Hall–Kier alpha value is -3.88. The second kappa shape index (κ2) is 7.86. The molecule has 4 aromatic rings. The maximum Gasteiger partial charge on any atom is 0.271 e. The topological polar surface area (TPSA) is 112 Å². The van der Waals surface area contributed by atoms with Crippen LogP contribution in [0.1, 0.15) is 42.6 Å². The van der Waals surface area contributed by atoms with Gasteiger partial charge in [-0.3, -0.25) is 14.3 Å². The van der Waals surface area contributed by atoms with E-state index < -0.39 is 0 Å². The molecule has 0 aromatic carbocycles. The Morgan fingerprint density at radius 1 is 1.17 bits per heavy atom. The molecule has 0 atom stereocenters. The Kier molecular flexibility index (Phi) is 5.09. The van der Waals surface area contributed by atoms with Gasteiger partial charge < -0.3 is 9.84 Å².